The van der Waals surface area contributed by atoms with Crippen LogP contribution in [0.3, 0.4) is 0 Å². The quantitative estimate of drug-likeness (QED) is 0.620. The standard InChI is InChI=1S/C14H18O3S/c1-2-17-13(16)14(8-4-3-5-9-14)12-7-6-11(10-15)18-12/h6-7,10H,2-5,8-9H2,1H3. The Bertz CT molecular complexity index is 430. The van der Waals surface area contributed by atoms with Crippen LogP contribution in [-0.2, 0) is 14.9 Å². The maximum Gasteiger partial charge on any atom is 0.317 e. The van der Waals surface area contributed by atoms with E-state index in [-0.39, 0.29) is 5.97 Å². The fourth-order valence-electron chi connectivity index (χ4n) is 2.65. The van der Waals surface area contributed by atoms with E-state index in [1.807, 2.05) is 13.0 Å². The molecule has 2 rings (SSSR count). The van der Waals surface area contributed by atoms with Crippen LogP contribution >= 0.6 is 11.3 Å². The summed E-state index contributed by atoms with van der Waals surface area (Å²) < 4.78 is 5.26. The van der Waals surface area contributed by atoms with Crippen LogP contribution in [0, 0.1) is 0 Å². The molecule has 0 N–H and O–H groups in total. The van der Waals surface area contributed by atoms with Crippen LogP contribution in [0.1, 0.15) is 53.6 Å². The first-order chi connectivity index (χ1) is 8.73. The normalized spacial score (nSPS) is 18.3. The minimum absolute atomic E-state index is 0.121. The molecule has 0 radical (unpaired) electrons. The monoisotopic (exact) mass is 266 g/mol. The molecule has 3 nitrogen and oxygen atoms in total. The predicted molar refractivity (Wildman–Crippen MR) is 71.1 cm³/mol. The van der Waals surface area contributed by atoms with Gasteiger partial charge in [-0.1, -0.05) is 19.3 Å². The zero-order chi connectivity index (χ0) is 13.0. The summed E-state index contributed by atoms with van der Waals surface area (Å²) in [6.07, 6.45) is 5.79. The first-order valence-electron chi connectivity index (χ1n) is 6.45. The number of thiophene rings is 1. The Morgan fingerprint density at radius 2 is 2.11 bits per heavy atom. The molecule has 1 heterocycles. The van der Waals surface area contributed by atoms with Crippen LogP contribution in [0.25, 0.3) is 0 Å². The first kappa shape index (κ1) is 13.3. The number of ether oxygens (including phenoxy) is 1. The van der Waals surface area contributed by atoms with Crippen molar-refractivity contribution in [2.45, 2.75) is 44.4 Å². The second-order valence-corrected chi connectivity index (χ2v) is 5.80. The highest BCUT2D eigenvalue weighted by molar-refractivity contribution is 7.13. The summed E-state index contributed by atoms with van der Waals surface area (Å²) in [7, 11) is 0. The lowest BCUT2D eigenvalue weighted by atomic mass is 9.73. The van der Waals surface area contributed by atoms with Crippen molar-refractivity contribution in [2.75, 3.05) is 6.61 Å². The van der Waals surface area contributed by atoms with Gasteiger partial charge in [0.05, 0.1) is 11.5 Å². The molecule has 18 heavy (non-hydrogen) atoms. The Morgan fingerprint density at radius 3 is 2.67 bits per heavy atom. The fraction of sp³-hybridized carbons (Fsp3) is 0.571. The van der Waals surface area contributed by atoms with Gasteiger partial charge >= 0.3 is 5.97 Å². The van der Waals surface area contributed by atoms with Crippen molar-refractivity contribution in [1.82, 2.24) is 0 Å². The lowest BCUT2D eigenvalue weighted by molar-refractivity contribution is -0.151. The van der Waals surface area contributed by atoms with Crippen LogP contribution < -0.4 is 0 Å². The van der Waals surface area contributed by atoms with Gasteiger partial charge in [0.25, 0.3) is 0 Å². The van der Waals surface area contributed by atoms with Gasteiger partial charge in [-0.15, -0.1) is 11.3 Å². The lowest BCUT2D eigenvalue weighted by Gasteiger charge is -2.33. The Balaban J connectivity index is 2.34. The molecule has 0 bridgehead atoms. The third kappa shape index (κ3) is 2.34. The SMILES string of the molecule is CCOC(=O)C1(c2ccc(C=O)s2)CCCCC1. The number of aldehydes is 1. The van der Waals surface area contributed by atoms with Gasteiger partial charge in [0, 0.05) is 4.88 Å². The average molecular weight is 266 g/mol. The van der Waals surface area contributed by atoms with Gasteiger partial charge in [-0.05, 0) is 31.9 Å². The van der Waals surface area contributed by atoms with Crippen LogP contribution in [0.15, 0.2) is 12.1 Å². The molecular formula is C14H18O3S. The lowest BCUT2D eigenvalue weighted by Crippen LogP contribution is -2.38. The third-order valence-corrected chi connectivity index (χ3v) is 4.80. The fourth-order valence-corrected chi connectivity index (χ4v) is 3.71. The molecule has 1 aliphatic carbocycles. The second-order valence-electron chi connectivity index (χ2n) is 4.68. The van der Waals surface area contributed by atoms with Crippen LogP contribution in [-0.4, -0.2) is 18.9 Å². The molecule has 1 fully saturated rings. The number of hydrogen-bond donors (Lipinski definition) is 0. The van der Waals surface area contributed by atoms with Gasteiger partial charge in [-0.25, -0.2) is 0 Å². The van der Waals surface area contributed by atoms with Crippen molar-refractivity contribution >= 4 is 23.6 Å². The van der Waals surface area contributed by atoms with E-state index in [1.54, 1.807) is 6.07 Å². The number of hydrogen-bond acceptors (Lipinski definition) is 4. The Kier molecular flexibility index (Phi) is 4.17. The Hall–Kier alpha value is -1.16. The molecule has 1 aromatic rings. The minimum Gasteiger partial charge on any atom is -0.465 e. The van der Waals surface area contributed by atoms with Crippen LogP contribution in [0.4, 0.5) is 0 Å². The molecule has 1 aromatic heterocycles. The van der Waals surface area contributed by atoms with E-state index in [9.17, 15) is 9.59 Å². The largest absolute Gasteiger partial charge is 0.465 e. The van der Waals surface area contributed by atoms with Crippen LogP contribution in [0.2, 0.25) is 0 Å². The second kappa shape index (κ2) is 5.65. The van der Waals surface area contributed by atoms with E-state index in [1.165, 1.54) is 17.8 Å². The van der Waals surface area contributed by atoms with Gasteiger partial charge in [-0.2, -0.15) is 0 Å². The molecule has 98 valence electrons. The summed E-state index contributed by atoms with van der Waals surface area (Å²) in [4.78, 5) is 24.8. The zero-order valence-electron chi connectivity index (χ0n) is 10.6. The average Bonchev–Trinajstić information content (AvgIpc) is 2.89. The van der Waals surface area contributed by atoms with E-state index in [0.29, 0.717) is 11.5 Å². The molecule has 1 saturated carbocycles. The van der Waals surface area contributed by atoms with Gasteiger partial charge in [-0.3, -0.25) is 9.59 Å². The molecule has 0 unspecified atom stereocenters. The van der Waals surface area contributed by atoms with Crippen LogP contribution in [0.5, 0.6) is 0 Å². The predicted octanol–water partition coefficient (Wildman–Crippen LogP) is 3.33. The van der Waals surface area contributed by atoms with Gasteiger partial charge in [0.1, 0.15) is 5.41 Å². The van der Waals surface area contributed by atoms with Crippen molar-refractivity contribution < 1.29 is 14.3 Å². The molecule has 0 aromatic carbocycles. The number of esters is 1. The molecule has 0 aliphatic heterocycles. The van der Waals surface area contributed by atoms with Gasteiger partial charge < -0.3 is 4.74 Å². The topological polar surface area (TPSA) is 43.4 Å². The minimum atomic E-state index is -0.500. The van der Waals surface area contributed by atoms with E-state index in [4.69, 9.17) is 4.74 Å². The van der Waals surface area contributed by atoms with E-state index in [0.717, 1.165) is 36.8 Å². The summed E-state index contributed by atoms with van der Waals surface area (Å²) in [6.45, 7) is 2.24. The van der Waals surface area contributed by atoms with Gasteiger partial charge in [0.15, 0.2) is 6.29 Å². The van der Waals surface area contributed by atoms with Crippen molar-refractivity contribution in [2.24, 2.45) is 0 Å². The summed E-state index contributed by atoms with van der Waals surface area (Å²) in [5.41, 5.74) is -0.500. The van der Waals surface area contributed by atoms with Crippen molar-refractivity contribution in [1.29, 1.82) is 0 Å². The third-order valence-electron chi connectivity index (χ3n) is 3.59. The van der Waals surface area contributed by atoms with E-state index in [2.05, 4.69) is 0 Å². The Labute approximate surface area is 111 Å². The van der Waals surface area contributed by atoms with E-state index >= 15 is 0 Å². The first-order valence-corrected chi connectivity index (χ1v) is 7.27. The van der Waals surface area contributed by atoms with Crippen molar-refractivity contribution in [3.05, 3.63) is 21.9 Å². The number of carbonyl (C=O) groups excluding carboxylic acids is 2. The number of carbonyl (C=O) groups is 2. The Morgan fingerprint density at radius 1 is 1.39 bits per heavy atom. The maximum atomic E-state index is 12.3. The highest BCUT2D eigenvalue weighted by Crippen LogP contribution is 2.43. The summed E-state index contributed by atoms with van der Waals surface area (Å²) in [5.74, 6) is -0.121. The molecule has 0 atom stereocenters. The zero-order valence-corrected chi connectivity index (χ0v) is 11.4. The summed E-state index contributed by atoms with van der Waals surface area (Å²) in [6, 6.07) is 3.71. The van der Waals surface area contributed by atoms with Crippen molar-refractivity contribution in [3.8, 4) is 0 Å². The molecule has 0 saturated heterocycles. The van der Waals surface area contributed by atoms with E-state index < -0.39 is 5.41 Å². The smallest absolute Gasteiger partial charge is 0.317 e. The van der Waals surface area contributed by atoms with Crippen molar-refractivity contribution in [3.63, 3.8) is 0 Å². The highest BCUT2D eigenvalue weighted by Gasteiger charge is 2.43. The maximum absolute atomic E-state index is 12.3. The molecule has 4 heteroatoms. The highest BCUT2D eigenvalue weighted by atomic mass is 32.1. The molecule has 1 aliphatic rings. The molecule has 0 spiro atoms. The summed E-state index contributed by atoms with van der Waals surface area (Å²) >= 11 is 1.42. The molecule has 0 amide bonds. The molecular weight excluding hydrogens is 248 g/mol. The summed E-state index contributed by atoms with van der Waals surface area (Å²) in [5, 5.41) is 0. The van der Waals surface area contributed by atoms with Gasteiger partial charge in [0.2, 0.25) is 0 Å². The number of rotatable bonds is 4.